The van der Waals surface area contributed by atoms with Crippen LogP contribution in [0.4, 0.5) is 0 Å². The molecule has 4 rings (SSSR count). The average Bonchev–Trinajstić information content (AvgIpc) is 3.04. The zero-order chi connectivity index (χ0) is 15.8. The molecule has 1 aromatic carbocycles. The number of piperidine rings is 1. The van der Waals surface area contributed by atoms with E-state index in [-0.39, 0.29) is 11.9 Å². The van der Waals surface area contributed by atoms with Crippen molar-refractivity contribution >= 4 is 16.9 Å². The number of hydrogen-bond acceptors (Lipinski definition) is 3. The second kappa shape index (κ2) is 5.96. The molecule has 2 saturated heterocycles. The smallest absolute Gasteiger partial charge is 0.245 e. The minimum atomic E-state index is -0.197. The molecule has 122 valence electrons. The fraction of sp³-hybridized carbons (Fsp3) is 0.556. The van der Waals surface area contributed by atoms with Gasteiger partial charge in [-0.05, 0) is 38.4 Å². The van der Waals surface area contributed by atoms with Crippen LogP contribution in [-0.2, 0) is 4.79 Å². The van der Waals surface area contributed by atoms with Gasteiger partial charge < -0.3 is 9.47 Å². The van der Waals surface area contributed by atoms with Crippen LogP contribution >= 0.6 is 0 Å². The van der Waals surface area contributed by atoms with E-state index < -0.39 is 0 Å². The van der Waals surface area contributed by atoms with Gasteiger partial charge in [0.15, 0.2) is 0 Å². The number of carbonyl (C=O) groups excluding carboxylic acids is 1. The highest BCUT2D eigenvalue weighted by Crippen LogP contribution is 2.24. The van der Waals surface area contributed by atoms with Gasteiger partial charge >= 0.3 is 0 Å². The molecule has 0 aliphatic carbocycles. The zero-order valence-corrected chi connectivity index (χ0v) is 13.7. The Balaban J connectivity index is 1.52. The Morgan fingerprint density at radius 2 is 2.09 bits per heavy atom. The van der Waals surface area contributed by atoms with Crippen LogP contribution in [0, 0.1) is 0 Å². The number of rotatable bonds is 2. The van der Waals surface area contributed by atoms with Gasteiger partial charge in [-0.2, -0.15) is 0 Å². The molecule has 2 aromatic rings. The van der Waals surface area contributed by atoms with Gasteiger partial charge in [0.25, 0.3) is 0 Å². The molecular weight excluding hydrogens is 288 g/mol. The molecule has 0 bridgehead atoms. The molecule has 5 heteroatoms. The number of piperazine rings is 1. The van der Waals surface area contributed by atoms with Gasteiger partial charge in [-0.1, -0.05) is 18.6 Å². The molecule has 0 spiro atoms. The fourth-order valence-corrected chi connectivity index (χ4v) is 4.03. The van der Waals surface area contributed by atoms with E-state index in [1.54, 1.807) is 6.33 Å². The molecule has 2 atom stereocenters. The molecule has 0 N–H and O–H groups in total. The van der Waals surface area contributed by atoms with E-state index in [2.05, 4.69) is 14.8 Å². The lowest BCUT2D eigenvalue weighted by molar-refractivity contribution is -0.137. The van der Waals surface area contributed by atoms with Crippen LogP contribution in [0.1, 0.15) is 32.2 Å². The van der Waals surface area contributed by atoms with Crippen LogP contribution in [0.25, 0.3) is 11.0 Å². The monoisotopic (exact) mass is 312 g/mol. The van der Waals surface area contributed by atoms with E-state index in [0.29, 0.717) is 6.04 Å². The first kappa shape index (κ1) is 14.7. The summed E-state index contributed by atoms with van der Waals surface area (Å²) >= 11 is 0. The summed E-state index contributed by atoms with van der Waals surface area (Å²) in [6.45, 7) is 5.95. The van der Waals surface area contributed by atoms with Crippen LogP contribution in [0.15, 0.2) is 30.6 Å². The van der Waals surface area contributed by atoms with Crippen molar-refractivity contribution in [1.82, 2.24) is 19.4 Å². The minimum Gasteiger partial charge on any atom is -0.338 e. The molecule has 2 aliphatic heterocycles. The SMILES string of the molecule is C[C@@H](C(=O)N1CCN2CCCC[C@H]2C1)n1cnc2ccccc21. The van der Waals surface area contributed by atoms with Crippen LogP contribution in [0.5, 0.6) is 0 Å². The average molecular weight is 312 g/mol. The molecule has 23 heavy (non-hydrogen) atoms. The third-order valence-corrected chi connectivity index (χ3v) is 5.40. The van der Waals surface area contributed by atoms with Crippen LogP contribution < -0.4 is 0 Å². The van der Waals surface area contributed by atoms with Crippen LogP contribution in [0.2, 0.25) is 0 Å². The first-order valence-electron chi connectivity index (χ1n) is 8.68. The summed E-state index contributed by atoms with van der Waals surface area (Å²) in [4.78, 5) is 22.0. The third-order valence-electron chi connectivity index (χ3n) is 5.40. The highest BCUT2D eigenvalue weighted by atomic mass is 16.2. The number of fused-ring (bicyclic) bond motifs is 2. The summed E-state index contributed by atoms with van der Waals surface area (Å²) in [6, 6.07) is 8.37. The van der Waals surface area contributed by atoms with Gasteiger partial charge in [0.05, 0.1) is 17.4 Å². The number of benzene rings is 1. The summed E-state index contributed by atoms with van der Waals surface area (Å²) < 4.78 is 2.00. The number of hydrogen-bond donors (Lipinski definition) is 0. The Morgan fingerprint density at radius 3 is 3.00 bits per heavy atom. The second-order valence-electron chi connectivity index (χ2n) is 6.79. The van der Waals surface area contributed by atoms with E-state index in [9.17, 15) is 4.79 Å². The number of para-hydroxylation sites is 2. The van der Waals surface area contributed by atoms with Crippen LogP contribution in [-0.4, -0.2) is 57.5 Å². The van der Waals surface area contributed by atoms with Gasteiger partial charge in [-0.15, -0.1) is 0 Å². The van der Waals surface area contributed by atoms with E-state index in [0.717, 1.165) is 30.7 Å². The number of nitrogens with zero attached hydrogens (tertiary/aromatic N) is 4. The maximum absolute atomic E-state index is 13.0. The molecule has 2 aliphatic rings. The molecule has 0 unspecified atom stereocenters. The van der Waals surface area contributed by atoms with Crippen molar-refractivity contribution in [2.45, 2.75) is 38.3 Å². The predicted molar refractivity (Wildman–Crippen MR) is 90.2 cm³/mol. The zero-order valence-electron chi connectivity index (χ0n) is 13.7. The third kappa shape index (κ3) is 2.63. The molecule has 2 fully saturated rings. The number of aromatic nitrogens is 2. The molecule has 0 radical (unpaired) electrons. The lowest BCUT2D eigenvalue weighted by Gasteiger charge is -2.44. The van der Waals surface area contributed by atoms with Gasteiger partial charge in [-0.25, -0.2) is 4.98 Å². The second-order valence-corrected chi connectivity index (χ2v) is 6.79. The molecule has 5 nitrogen and oxygen atoms in total. The number of amides is 1. The predicted octanol–water partition coefficient (Wildman–Crippen LogP) is 2.29. The number of carbonyl (C=O) groups is 1. The van der Waals surface area contributed by atoms with Crippen molar-refractivity contribution in [3.63, 3.8) is 0 Å². The summed E-state index contributed by atoms with van der Waals surface area (Å²) in [5.74, 6) is 0.221. The molecule has 0 saturated carbocycles. The van der Waals surface area contributed by atoms with Crippen molar-refractivity contribution < 1.29 is 4.79 Å². The lowest BCUT2D eigenvalue weighted by Crippen LogP contribution is -2.57. The summed E-state index contributed by atoms with van der Waals surface area (Å²) in [5.41, 5.74) is 1.98. The normalized spacial score (nSPS) is 23.7. The Bertz CT molecular complexity index is 710. The van der Waals surface area contributed by atoms with Crippen molar-refractivity contribution in [1.29, 1.82) is 0 Å². The first-order chi connectivity index (χ1) is 11.2. The first-order valence-corrected chi connectivity index (χ1v) is 8.68. The Hall–Kier alpha value is -1.88. The Kier molecular flexibility index (Phi) is 3.81. The fourth-order valence-electron chi connectivity index (χ4n) is 4.03. The molecule has 3 heterocycles. The van der Waals surface area contributed by atoms with Crippen molar-refractivity contribution in [3.8, 4) is 0 Å². The number of imidazole rings is 1. The van der Waals surface area contributed by atoms with Crippen molar-refractivity contribution in [2.24, 2.45) is 0 Å². The highest BCUT2D eigenvalue weighted by molar-refractivity contribution is 5.83. The maximum atomic E-state index is 13.0. The Labute approximate surface area is 136 Å². The molecule has 1 amide bonds. The van der Waals surface area contributed by atoms with Crippen molar-refractivity contribution in [3.05, 3.63) is 30.6 Å². The summed E-state index contributed by atoms with van der Waals surface area (Å²) in [6.07, 6.45) is 5.63. The van der Waals surface area contributed by atoms with Gasteiger partial charge in [-0.3, -0.25) is 9.69 Å². The summed E-state index contributed by atoms with van der Waals surface area (Å²) in [7, 11) is 0. The largest absolute Gasteiger partial charge is 0.338 e. The van der Waals surface area contributed by atoms with E-state index in [4.69, 9.17) is 0 Å². The van der Waals surface area contributed by atoms with E-state index in [1.165, 1.54) is 25.8 Å². The van der Waals surface area contributed by atoms with Crippen molar-refractivity contribution in [2.75, 3.05) is 26.2 Å². The molecular formula is C18H24N4O. The standard InChI is InChI=1S/C18H24N4O/c1-14(22-13-19-16-7-2-3-8-17(16)22)18(23)21-11-10-20-9-5-4-6-15(20)12-21/h2-3,7-8,13-15H,4-6,9-12H2,1H3/t14-,15-/m0/s1. The molecule has 1 aromatic heterocycles. The van der Waals surface area contributed by atoms with E-state index in [1.807, 2.05) is 35.8 Å². The summed E-state index contributed by atoms with van der Waals surface area (Å²) in [5, 5.41) is 0. The van der Waals surface area contributed by atoms with Crippen LogP contribution in [0.3, 0.4) is 0 Å². The highest BCUT2D eigenvalue weighted by Gasteiger charge is 2.33. The Morgan fingerprint density at radius 1 is 1.22 bits per heavy atom. The van der Waals surface area contributed by atoms with Gasteiger partial charge in [0.2, 0.25) is 5.91 Å². The van der Waals surface area contributed by atoms with Gasteiger partial charge in [0.1, 0.15) is 6.04 Å². The quantitative estimate of drug-likeness (QED) is 0.854. The minimum absolute atomic E-state index is 0.197. The topological polar surface area (TPSA) is 41.4 Å². The maximum Gasteiger partial charge on any atom is 0.245 e. The van der Waals surface area contributed by atoms with E-state index >= 15 is 0 Å². The lowest BCUT2D eigenvalue weighted by atomic mass is 9.99. The van der Waals surface area contributed by atoms with Gasteiger partial charge in [0, 0.05) is 25.7 Å².